The number of rotatable bonds is 8. The van der Waals surface area contributed by atoms with Crippen molar-refractivity contribution in [2.24, 2.45) is 0 Å². The molecule has 0 atom stereocenters. The first kappa shape index (κ1) is 16.2. The van der Waals surface area contributed by atoms with E-state index >= 15 is 0 Å². The van der Waals surface area contributed by atoms with Gasteiger partial charge in [0.2, 0.25) is 10.0 Å². The third kappa shape index (κ3) is 4.15. The normalized spacial score (nSPS) is 15.6. The van der Waals surface area contributed by atoms with Gasteiger partial charge in [0.15, 0.2) is 0 Å². The second kappa shape index (κ2) is 6.73. The lowest BCUT2D eigenvalue weighted by Crippen LogP contribution is -2.33. The molecule has 1 aliphatic carbocycles. The lowest BCUT2D eigenvalue weighted by Gasteiger charge is -2.20. The Labute approximate surface area is 127 Å². The second-order valence-corrected chi connectivity index (χ2v) is 7.66. The molecule has 0 amide bonds. The lowest BCUT2D eigenvalue weighted by molar-refractivity contribution is 0.436. The van der Waals surface area contributed by atoms with Crippen molar-refractivity contribution >= 4 is 10.0 Å². The van der Waals surface area contributed by atoms with Crippen molar-refractivity contribution in [3.05, 3.63) is 42.5 Å². The largest absolute Gasteiger partial charge is 0.310 e. The molecule has 116 valence electrons. The number of hydrogen-bond acceptors (Lipinski definition) is 3. The van der Waals surface area contributed by atoms with Crippen LogP contribution in [0.2, 0.25) is 0 Å². The first-order valence-corrected chi connectivity index (χ1v) is 8.84. The Morgan fingerprint density at radius 1 is 1.33 bits per heavy atom. The molecule has 1 N–H and O–H groups in total. The summed E-state index contributed by atoms with van der Waals surface area (Å²) in [6.07, 6.45) is 3.55. The molecule has 1 aromatic carbocycles. The molecule has 0 spiro atoms. The summed E-state index contributed by atoms with van der Waals surface area (Å²) in [6, 6.07) is 7.71. The molecule has 0 radical (unpaired) electrons. The van der Waals surface area contributed by atoms with E-state index in [2.05, 4.69) is 25.7 Å². The minimum absolute atomic E-state index is 0.148. The van der Waals surface area contributed by atoms with E-state index in [1.54, 1.807) is 22.5 Å². The smallest absolute Gasteiger partial charge is 0.243 e. The zero-order valence-corrected chi connectivity index (χ0v) is 13.6. The summed E-state index contributed by atoms with van der Waals surface area (Å²) in [5, 5.41) is 3.32. The number of nitrogens with one attached hydrogen (secondary N) is 1. The first-order valence-electron chi connectivity index (χ1n) is 7.40. The van der Waals surface area contributed by atoms with Crippen molar-refractivity contribution in [2.45, 2.75) is 50.2 Å². The van der Waals surface area contributed by atoms with Gasteiger partial charge < -0.3 is 5.32 Å². The maximum absolute atomic E-state index is 12.6. The average molecular weight is 308 g/mol. The third-order valence-corrected chi connectivity index (χ3v) is 5.44. The SMILES string of the molecule is C=CCN(C1CC1)S(=O)(=O)c1ccc(CNC(C)C)cc1. The Morgan fingerprint density at radius 2 is 1.95 bits per heavy atom. The van der Waals surface area contributed by atoms with Crippen molar-refractivity contribution in [3.63, 3.8) is 0 Å². The highest BCUT2D eigenvalue weighted by Gasteiger charge is 2.37. The Kier molecular flexibility index (Phi) is 5.19. The zero-order chi connectivity index (χ0) is 15.5. The van der Waals surface area contributed by atoms with Crippen LogP contribution < -0.4 is 5.32 Å². The fourth-order valence-electron chi connectivity index (χ4n) is 2.17. The van der Waals surface area contributed by atoms with Crippen LogP contribution in [0.25, 0.3) is 0 Å². The molecule has 5 heteroatoms. The topological polar surface area (TPSA) is 49.4 Å². The van der Waals surface area contributed by atoms with Crippen LogP contribution in [-0.2, 0) is 16.6 Å². The molecule has 0 saturated heterocycles. The number of hydrogen-bond donors (Lipinski definition) is 1. The summed E-state index contributed by atoms with van der Waals surface area (Å²) in [5.74, 6) is 0. The van der Waals surface area contributed by atoms with Crippen molar-refractivity contribution in [1.82, 2.24) is 9.62 Å². The van der Waals surface area contributed by atoms with Crippen LogP contribution in [-0.4, -0.2) is 31.4 Å². The van der Waals surface area contributed by atoms with Crippen molar-refractivity contribution in [3.8, 4) is 0 Å². The Hall–Kier alpha value is -1.17. The van der Waals surface area contributed by atoms with Crippen LogP contribution >= 0.6 is 0 Å². The Bertz CT molecular complexity index is 575. The average Bonchev–Trinajstić information content (AvgIpc) is 3.27. The maximum atomic E-state index is 12.6. The summed E-state index contributed by atoms with van der Waals surface area (Å²) in [5.41, 5.74) is 1.09. The molecule has 0 heterocycles. The van der Waals surface area contributed by atoms with E-state index in [0.717, 1.165) is 24.9 Å². The molecule has 1 fully saturated rings. The van der Waals surface area contributed by atoms with Crippen molar-refractivity contribution in [2.75, 3.05) is 6.54 Å². The predicted octanol–water partition coefficient (Wildman–Crippen LogP) is 2.52. The molecule has 0 aromatic heterocycles. The summed E-state index contributed by atoms with van der Waals surface area (Å²) in [4.78, 5) is 0.365. The van der Waals surface area contributed by atoms with Gasteiger partial charge in [0.25, 0.3) is 0 Å². The van der Waals surface area contributed by atoms with Crippen LogP contribution in [0.1, 0.15) is 32.3 Å². The predicted molar refractivity (Wildman–Crippen MR) is 85.5 cm³/mol. The highest BCUT2D eigenvalue weighted by Crippen LogP contribution is 2.31. The van der Waals surface area contributed by atoms with Gasteiger partial charge in [-0.05, 0) is 30.5 Å². The van der Waals surface area contributed by atoms with Crippen LogP contribution in [0, 0.1) is 0 Å². The van der Waals surface area contributed by atoms with Crippen molar-refractivity contribution in [1.29, 1.82) is 0 Å². The molecule has 1 aliphatic rings. The van der Waals surface area contributed by atoms with Gasteiger partial charge in [-0.15, -0.1) is 6.58 Å². The first-order chi connectivity index (χ1) is 9.95. The van der Waals surface area contributed by atoms with Crippen LogP contribution in [0.5, 0.6) is 0 Å². The minimum atomic E-state index is -3.41. The molecule has 1 aromatic rings. The fourth-order valence-corrected chi connectivity index (χ4v) is 3.83. The molecule has 1 saturated carbocycles. The standard InChI is InChI=1S/C16H24N2O2S/c1-4-11-18(15-7-8-15)21(19,20)16-9-5-14(6-10-16)12-17-13(2)3/h4-6,9-10,13,15,17H,1,7-8,11-12H2,2-3H3. The molecular weight excluding hydrogens is 284 g/mol. The number of nitrogens with zero attached hydrogens (tertiary/aromatic N) is 1. The Balaban J connectivity index is 2.14. The summed E-state index contributed by atoms with van der Waals surface area (Å²) in [7, 11) is -3.41. The van der Waals surface area contributed by atoms with Gasteiger partial charge in [-0.3, -0.25) is 0 Å². The van der Waals surface area contributed by atoms with Gasteiger partial charge >= 0.3 is 0 Å². The second-order valence-electron chi connectivity index (χ2n) is 5.77. The summed E-state index contributed by atoms with van der Waals surface area (Å²) >= 11 is 0. The van der Waals surface area contributed by atoms with E-state index < -0.39 is 10.0 Å². The Morgan fingerprint density at radius 3 is 2.43 bits per heavy atom. The highest BCUT2D eigenvalue weighted by atomic mass is 32.2. The third-order valence-electron chi connectivity index (χ3n) is 3.51. The van der Waals surface area contributed by atoms with Gasteiger partial charge in [-0.2, -0.15) is 4.31 Å². The maximum Gasteiger partial charge on any atom is 0.243 e. The zero-order valence-electron chi connectivity index (χ0n) is 12.7. The minimum Gasteiger partial charge on any atom is -0.310 e. The van der Waals surface area contributed by atoms with Gasteiger partial charge in [-0.1, -0.05) is 32.1 Å². The van der Waals surface area contributed by atoms with E-state index in [9.17, 15) is 8.42 Å². The molecule has 0 unspecified atom stereocenters. The van der Waals surface area contributed by atoms with E-state index in [1.165, 1.54) is 0 Å². The quantitative estimate of drug-likeness (QED) is 0.751. The molecular formula is C16H24N2O2S. The van der Waals surface area contributed by atoms with Crippen LogP contribution in [0.4, 0.5) is 0 Å². The highest BCUT2D eigenvalue weighted by molar-refractivity contribution is 7.89. The number of benzene rings is 1. The van der Waals surface area contributed by atoms with Crippen LogP contribution in [0.3, 0.4) is 0 Å². The van der Waals surface area contributed by atoms with Crippen LogP contribution in [0.15, 0.2) is 41.8 Å². The summed E-state index contributed by atoms with van der Waals surface area (Å²) in [6.45, 7) is 8.95. The van der Waals surface area contributed by atoms with Gasteiger partial charge in [-0.25, -0.2) is 8.42 Å². The van der Waals surface area contributed by atoms with E-state index in [0.29, 0.717) is 17.5 Å². The molecule has 0 aliphatic heterocycles. The van der Waals surface area contributed by atoms with E-state index in [-0.39, 0.29) is 6.04 Å². The monoisotopic (exact) mass is 308 g/mol. The van der Waals surface area contributed by atoms with E-state index in [1.807, 2.05) is 12.1 Å². The van der Waals surface area contributed by atoms with Gasteiger partial charge in [0.05, 0.1) is 4.90 Å². The lowest BCUT2D eigenvalue weighted by atomic mass is 10.2. The molecule has 2 rings (SSSR count). The molecule has 21 heavy (non-hydrogen) atoms. The summed E-state index contributed by atoms with van der Waals surface area (Å²) < 4.78 is 26.8. The van der Waals surface area contributed by atoms with Gasteiger partial charge in [0, 0.05) is 25.2 Å². The molecule has 0 bridgehead atoms. The van der Waals surface area contributed by atoms with E-state index in [4.69, 9.17) is 0 Å². The fraction of sp³-hybridized carbons (Fsp3) is 0.500. The van der Waals surface area contributed by atoms with Crippen molar-refractivity contribution < 1.29 is 8.42 Å². The number of sulfonamides is 1. The van der Waals surface area contributed by atoms with Gasteiger partial charge in [0.1, 0.15) is 0 Å². The molecule has 4 nitrogen and oxygen atoms in total.